The normalized spacial score (nSPS) is 17.2. The molecule has 2 amide bonds. The molecule has 2 aromatic rings. The largest absolute Gasteiger partial charge is 0.482 e. The lowest BCUT2D eigenvalue weighted by Gasteiger charge is -2.28. The van der Waals surface area contributed by atoms with Crippen LogP contribution in [0.15, 0.2) is 53.4 Å². The van der Waals surface area contributed by atoms with Crippen molar-refractivity contribution in [2.24, 2.45) is 0 Å². The quantitative estimate of drug-likeness (QED) is 0.759. The molecular formula is C20H21N3O6S. The van der Waals surface area contributed by atoms with Gasteiger partial charge in [0.15, 0.2) is 6.61 Å². The summed E-state index contributed by atoms with van der Waals surface area (Å²) >= 11 is 0. The smallest absolute Gasteiger partial charge is 0.265 e. The number of hydrogen-bond acceptors (Lipinski definition) is 6. The molecule has 0 radical (unpaired) electrons. The van der Waals surface area contributed by atoms with E-state index in [2.05, 4.69) is 5.32 Å². The average molecular weight is 431 g/mol. The first kappa shape index (κ1) is 20.3. The lowest BCUT2D eigenvalue weighted by atomic mass is 10.2. The number of nitrogens with one attached hydrogen (secondary N) is 1. The lowest BCUT2D eigenvalue weighted by molar-refractivity contribution is -0.123. The Morgan fingerprint density at radius 2 is 1.73 bits per heavy atom. The van der Waals surface area contributed by atoms with Crippen LogP contribution in [-0.2, 0) is 24.3 Å². The fourth-order valence-electron chi connectivity index (χ4n) is 3.32. The van der Waals surface area contributed by atoms with Crippen LogP contribution in [0.4, 0.5) is 11.4 Å². The zero-order valence-corrected chi connectivity index (χ0v) is 16.9. The minimum atomic E-state index is -3.60. The maximum Gasteiger partial charge on any atom is 0.265 e. The number of para-hydroxylation sites is 2. The summed E-state index contributed by atoms with van der Waals surface area (Å²) in [6.45, 7) is 1.07. The highest BCUT2D eigenvalue weighted by Gasteiger charge is 2.28. The van der Waals surface area contributed by atoms with Crippen molar-refractivity contribution in [3.8, 4) is 5.75 Å². The van der Waals surface area contributed by atoms with Gasteiger partial charge in [0, 0.05) is 18.8 Å². The number of anilines is 2. The topological polar surface area (TPSA) is 105 Å². The van der Waals surface area contributed by atoms with E-state index < -0.39 is 15.9 Å². The molecule has 2 aliphatic rings. The Morgan fingerprint density at radius 1 is 1.03 bits per heavy atom. The predicted octanol–water partition coefficient (Wildman–Crippen LogP) is 1.07. The standard InChI is InChI=1S/C20H21N3O6S/c24-19(13-23-17-3-1-2-4-18(17)29-14-20(23)25)21-15-5-7-16(8-6-15)30(26,27)22-9-11-28-12-10-22/h1-8H,9-14H2,(H,21,24). The highest BCUT2D eigenvalue weighted by atomic mass is 32.2. The molecule has 4 rings (SSSR count). The molecule has 158 valence electrons. The SMILES string of the molecule is O=C(CN1C(=O)COc2ccccc21)Nc1ccc(S(=O)(=O)N2CCOCC2)cc1. The van der Waals surface area contributed by atoms with E-state index in [0.717, 1.165) is 0 Å². The maximum atomic E-state index is 12.7. The number of nitrogens with zero attached hydrogens (tertiary/aromatic N) is 2. The molecule has 2 heterocycles. The molecule has 0 saturated carbocycles. The summed E-state index contributed by atoms with van der Waals surface area (Å²) in [5, 5.41) is 2.70. The second kappa shape index (κ2) is 8.42. The molecule has 2 aliphatic heterocycles. The fourth-order valence-corrected chi connectivity index (χ4v) is 4.73. The second-order valence-electron chi connectivity index (χ2n) is 6.83. The van der Waals surface area contributed by atoms with Gasteiger partial charge in [-0.2, -0.15) is 4.31 Å². The predicted molar refractivity (Wildman–Crippen MR) is 109 cm³/mol. The van der Waals surface area contributed by atoms with Crippen LogP contribution in [0.2, 0.25) is 0 Å². The van der Waals surface area contributed by atoms with Gasteiger partial charge in [-0.3, -0.25) is 14.5 Å². The van der Waals surface area contributed by atoms with Crippen LogP contribution in [-0.4, -0.2) is 64.0 Å². The Morgan fingerprint density at radius 3 is 2.47 bits per heavy atom. The first-order valence-corrected chi connectivity index (χ1v) is 10.9. The van der Waals surface area contributed by atoms with E-state index in [4.69, 9.17) is 9.47 Å². The third-order valence-corrected chi connectivity index (χ3v) is 6.77. The van der Waals surface area contributed by atoms with E-state index in [1.807, 2.05) is 0 Å². The van der Waals surface area contributed by atoms with Gasteiger partial charge in [-0.05, 0) is 36.4 Å². The van der Waals surface area contributed by atoms with E-state index in [9.17, 15) is 18.0 Å². The number of hydrogen-bond donors (Lipinski definition) is 1. The molecule has 1 saturated heterocycles. The number of morpholine rings is 1. The zero-order valence-electron chi connectivity index (χ0n) is 16.1. The molecule has 0 spiro atoms. The van der Waals surface area contributed by atoms with Gasteiger partial charge in [0.1, 0.15) is 12.3 Å². The van der Waals surface area contributed by atoms with Crippen LogP contribution in [0.5, 0.6) is 5.75 Å². The Hall–Kier alpha value is -2.95. The fraction of sp³-hybridized carbons (Fsp3) is 0.300. The monoisotopic (exact) mass is 431 g/mol. The number of fused-ring (bicyclic) bond motifs is 1. The molecule has 2 aromatic carbocycles. The van der Waals surface area contributed by atoms with Gasteiger partial charge in [-0.1, -0.05) is 12.1 Å². The molecule has 9 nitrogen and oxygen atoms in total. The van der Waals surface area contributed by atoms with Crippen LogP contribution < -0.4 is 15.0 Å². The summed E-state index contributed by atoms with van der Waals surface area (Å²) in [6, 6.07) is 13.0. The van der Waals surface area contributed by atoms with Gasteiger partial charge in [-0.15, -0.1) is 0 Å². The Bertz CT molecular complexity index is 1050. The van der Waals surface area contributed by atoms with Gasteiger partial charge >= 0.3 is 0 Å². The van der Waals surface area contributed by atoms with Gasteiger partial charge in [0.05, 0.1) is 23.8 Å². The van der Waals surface area contributed by atoms with Gasteiger partial charge in [0.25, 0.3) is 5.91 Å². The summed E-state index contributed by atoms with van der Waals surface area (Å²) in [5.74, 6) is -0.165. The number of benzene rings is 2. The van der Waals surface area contributed by atoms with E-state index >= 15 is 0 Å². The van der Waals surface area contributed by atoms with Crippen molar-refractivity contribution in [1.29, 1.82) is 0 Å². The first-order valence-electron chi connectivity index (χ1n) is 9.45. The van der Waals surface area contributed by atoms with Crippen molar-refractivity contribution in [2.75, 3.05) is 49.7 Å². The molecule has 10 heteroatoms. The van der Waals surface area contributed by atoms with Crippen molar-refractivity contribution in [1.82, 2.24) is 4.31 Å². The third-order valence-electron chi connectivity index (χ3n) is 4.86. The molecule has 0 aliphatic carbocycles. The number of amides is 2. The molecule has 1 fully saturated rings. The minimum absolute atomic E-state index is 0.127. The zero-order chi connectivity index (χ0) is 21.1. The van der Waals surface area contributed by atoms with Crippen molar-refractivity contribution < 1.29 is 27.5 Å². The number of ether oxygens (including phenoxy) is 2. The second-order valence-corrected chi connectivity index (χ2v) is 8.76. The summed E-state index contributed by atoms with van der Waals surface area (Å²) in [6.07, 6.45) is 0. The van der Waals surface area contributed by atoms with E-state index in [1.165, 1.54) is 33.5 Å². The highest BCUT2D eigenvalue weighted by molar-refractivity contribution is 7.89. The molecule has 0 bridgehead atoms. The van der Waals surface area contributed by atoms with Crippen LogP contribution in [0.25, 0.3) is 0 Å². The number of carbonyl (C=O) groups excluding carboxylic acids is 2. The summed E-state index contributed by atoms with van der Waals surface area (Å²) in [7, 11) is -3.60. The molecule has 0 aromatic heterocycles. The Labute approximate surface area is 174 Å². The van der Waals surface area contributed by atoms with Crippen LogP contribution in [0, 0.1) is 0 Å². The number of rotatable bonds is 5. The molecule has 0 atom stereocenters. The van der Waals surface area contributed by atoms with E-state index in [1.54, 1.807) is 24.3 Å². The maximum absolute atomic E-state index is 12.7. The van der Waals surface area contributed by atoms with Crippen molar-refractivity contribution in [3.63, 3.8) is 0 Å². The lowest BCUT2D eigenvalue weighted by Crippen LogP contribution is -2.43. The number of carbonyl (C=O) groups is 2. The summed E-state index contributed by atoms with van der Waals surface area (Å²) in [5.41, 5.74) is 0.978. The van der Waals surface area contributed by atoms with Crippen LogP contribution in [0.1, 0.15) is 0 Å². The van der Waals surface area contributed by atoms with Crippen LogP contribution >= 0.6 is 0 Å². The Kier molecular flexibility index (Phi) is 5.71. The van der Waals surface area contributed by atoms with Gasteiger partial charge < -0.3 is 14.8 Å². The van der Waals surface area contributed by atoms with E-state index in [-0.39, 0.29) is 24.0 Å². The molecule has 30 heavy (non-hydrogen) atoms. The summed E-state index contributed by atoms with van der Waals surface area (Å²) < 4.78 is 37.3. The van der Waals surface area contributed by atoms with Crippen molar-refractivity contribution in [3.05, 3.63) is 48.5 Å². The molecule has 1 N–H and O–H groups in total. The summed E-state index contributed by atoms with van der Waals surface area (Å²) in [4.78, 5) is 26.2. The van der Waals surface area contributed by atoms with Gasteiger partial charge in [0.2, 0.25) is 15.9 Å². The molecular weight excluding hydrogens is 410 g/mol. The highest BCUT2D eigenvalue weighted by Crippen LogP contribution is 2.31. The Balaban J connectivity index is 1.42. The molecule has 0 unspecified atom stereocenters. The number of sulfonamides is 1. The van der Waals surface area contributed by atoms with Crippen molar-refractivity contribution in [2.45, 2.75) is 4.90 Å². The van der Waals surface area contributed by atoms with Crippen molar-refractivity contribution >= 4 is 33.2 Å². The van der Waals surface area contributed by atoms with E-state index in [0.29, 0.717) is 43.4 Å². The van der Waals surface area contributed by atoms with Gasteiger partial charge in [-0.25, -0.2) is 8.42 Å². The average Bonchev–Trinajstić information content (AvgIpc) is 2.77. The third kappa shape index (κ3) is 4.16. The minimum Gasteiger partial charge on any atom is -0.482 e. The first-order chi connectivity index (χ1) is 14.4. The van der Waals surface area contributed by atoms with Crippen LogP contribution in [0.3, 0.4) is 0 Å².